The van der Waals surface area contributed by atoms with Crippen LogP contribution in [0.5, 0.6) is 0 Å². The van der Waals surface area contributed by atoms with Crippen molar-refractivity contribution in [2.75, 3.05) is 0 Å². The van der Waals surface area contributed by atoms with E-state index in [1.54, 1.807) is 25.1 Å². The Hall–Kier alpha value is -7.84. The average Bonchev–Trinajstić information content (AvgIpc) is 3.84. The Morgan fingerprint density at radius 3 is 1.75 bits per heavy atom. The molecule has 0 saturated carbocycles. The number of hydrogen-bond donors (Lipinski definition) is 0. The first-order valence-corrected chi connectivity index (χ1v) is 19.9. The van der Waals surface area contributed by atoms with Crippen LogP contribution in [0.3, 0.4) is 0 Å². The van der Waals surface area contributed by atoms with E-state index in [-0.39, 0.29) is 5.56 Å². The summed E-state index contributed by atoms with van der Waals surface area (Å²) in [5.74, 6) is 1.46. The predicted octanol–water partition coefficient (Wildman–Crippen LogP) is 14.5. The second-order valence-electron chi connectivity index (χ2n) is 15.2. The number of alkyl halides is 3. The van der Waals surface area contributed by atoms with E-state index in [4.69, 9.17) is 19.4 Å². The quantitative estimate of drug-likeness (QED) is 0.168. The van der Waals surface area contributed by atoms with Crippen molar-refractivity contribution in [2.45, 2.75) is 13.1 Å². The van der Waals surface area contributed by atoms with Gasteiger partial charge in [-0.2, -0.15) is 13.2 Å². The van der Waals surface area contributed by atoms with Gasteiger partial charge in [-0.05, 0) is 77.7 Å². The average molecular weight is 799 g/mol. The van der Waals surface area contributed by atoms with Crippen molar-refractivity contribution < 1.29 is 17.6 Å². The minimum Gasteiger partial charge on any atom is -0.456 e. The summed E-state index contributed by atoms with van der Waals surface area (Å²) in [6, 6.07) is 58.2. The van der Waals surface area contributed by atoms with E-state index in [2.05, 4.69) is 34.9 Å². The highest BCUT2D eigenvalue weighted by molar-refractivity contribution is 6.11. The van der Waals surface area contributed by atoms with Crippen LogP contribution < -0.4 is 0 Å². The lowest BCUT2D eigenvalue weighted by molar-refractivity contribution is -0.137. The van der Waals surface area contributed by atoms with Gasteiger partial charge >= 0.3 is 6.18 Å². The molecule has 0 bridgehead atoms. The van der Waals surface area contributed by atoms with Crippen molar-refractivity contribution >= 4 is 43.7 Å². The van der Waals surface area contributed by atoms with E-state index in [0.29, 0.717) is 34.2 Å². The molecule has 0 aliphatic carbocycles. The standard InChI is InChI=1S/C53H33F3N4O/c1-32-20-24-38(44(28-32)53(54,55)56)37-21-25-40-39-16-8-10-18-45(39)60(47(40)31-37)46-26-22-35(36-23-27-49-42(29-36)41-17-9-11-19-48(41)61-49)30-43(46)52-58-50(33-12-4-2-5-13-33)57-51(59-52)34-14-6-3-7-15-34/h2-31H,1H3. The minimum absolute atomic E-state index is 0.118. The third-order valence-electron chi connectivity index (χ3n) is 11.4. The Labute approximate surface area is 348 Å². The molecule has 0 spiro atoms. The van der Waals surface area contributed by atoms with E-state index >= 15 is 0 Å². The maximum atomic E-state index is 14.6. The molecule has 3 aromatic heterocycles. The number of aryl methyl sites for hydroxylation is 1. The number of para-hydroxylation sites is 2. The fourth-order valence-corrected chi connectivity index (χ4v) is 8.47. The van der Waals surface area contributed by atoms with Crippen LogP contribution in [0, 0.1) is 6.92 Å². The van der Waals surface area contributed by atoms with Crippen LogP contribution in [0.25, 0.3) is 106 Å². The maximum absolute atomic E-state index is 14.6. The van der Waals surface area contributed by atoms with Crippen molar-refractivity contribution in [3.63, 3.8) is 0 Å². The molecule has 8 aromatic carbocycles. The highest BCUT2D eigenvalue weighted by Crippen LogP contribution is 2.43. The minimum atomic E-state index is -4.54. The molecule has 0 N–H and O–H groups in total. The highest BCUT2D eigenvalue weighted by atomic mass is 19.4. The molecular weight excluding hydrogens is 766 g/mol. The van der Waals surface area contributed by atoms with Crippen LogP contribution in [0.1, 0.15) is 11.1 Å². The summed E-state index contributed by atoms with van der Waals surface area (Å²) in [5.41, 5.74) is 8.71. The summed E-state index contributed by atoms with van der Waals surface area (Å²) < 4.78 is 52.0. The lowest BCUT2D eigenvalue weighted by Crippen LogP contribution is -2.07. The first-order valence-electron chi connectivity index (χ1n) is 19.9. The zero-order chi connectivity index (χ0) is 41.2. The third kappa shape index (κ3) is 6.31. The van der Waals surface area contributed by atoms with E-state index < -0.39 is 11.7 Å². The molecule has 0 amide bonds. The molecule has 0 atom stereocenters. The summed E-state index contributed by atoms with van der Waals surface area (Å²) in [7, 11) is 0. The summed E-state index contributed by atoms with van der Waals surface area (Å²) in [5, 5.41) is 3.89. The number of nitrogens with zero attached hydrogens (tertiary/aromatic N) is 4. The van der Waals surface area contributed by atoms with Gasteiger partial charge in [-0.15, -0.1) is 0 Å². The number of hydrogen-bond acceptors (Lipinski definition) is 4. The topological polar surface area (TPSA) is 56.7 Å². The highest BCUT2D eigenvalue weighted by Gasteiger charge is 2.34. The van der Waals surface area contributed by atoms with Crippen LogP contribution in [0.4, 0.5) is 13.2 Å². The molecular formula is C53H33F3N4O. The largest absolute Gasteiger partial charge is 0.456 e. The van der Waals surface area contributed by atoms with Crippen molar-refractivity contribution in [1.29, 1.82) is 0 Å². The van der Waals surface area contributed by atoms with Gasteiger partial charge in [0.05, 0.1) is 22.3 Å². The molecule has 0 unspecified atom stereocenters. The Bertz CT molecular complexity index is 3420. The predicted molar refractivity (Wildman–Crippen MR) is 238 cm³/mol. The second-order valence-corrected chi connectivity index (χ2v) is 15.2. The van der Waals surface area contributed by atoms with Gasteiger partial charge in [-0.3, -0.25) is 0 Å². The molecule has 11 aromatic rings. The van der Waals surface area contributed by atoms with E-state index in [1.165, 1.54) is 6.07 Å². The SMILES string of the molecule is Cc1ccc(-c2ccc3c4ccccc4n(-c4ccc(-c5ccc6oc7ccccc7c6c5)cc4-c4nc(-c5ccccc5)nc(-c5ccccc5)n4)c3c2)c(C(F)(F)F)c1. The van der Waals surface area contributed by atoms with E-state index in [9.17, 15) is 13.2 Å². The number of furan rings is 1. The second kappa shape index (κ2) is 14.2. The van der Waals surface area contributed by atoms with Gasteiger partial charge in [-0.1, -0.05) is 139 Å². The molecule has 11 rings (SSSR count). The Morgan fingerprint density at radius 2 is 1.02 bits per heavy atom. The summed E-state index contributed by atoms with van der Waals surface area (Å²) in [6.45, 7) is 1.67. The summed E-state index contributed by atoms with van der Waals surface area (Å²) >= 11 is 0. The molecule has 5 nitrogen and oxygen atoms in total. The molecule has 292 valence electrons. The van der Waals surface area contributed by atoms with Crippen LogP contribution in [-0.4, -0.2) is 19.5 Å². The van der Waals surface area contributed by atoms with Crippen LogP contribution >= 0.6 is 0 Å². The molecule has 3 heterocycles. The van der Waals surface area contributed by atoms with Crippen molar-refractivity contribution in [3.05, 3.63) is 193 Å². The van der Waals surface area contributed by atoms with Crippen molar-refractivity contribution in [1.82, 2.24) is 19.5 Å². The molecule has 61 heavy (non-hydrogen) atoms. The summed E-state index contributed by atoms with van der Waals surface area (Å²) in [6.07, 6.45) is -4.54. The first-order chi connectivity index (χ1) is 29.8. The Kier molecular flexibility index (Phi) is 8.42. The molecule has 0 aliphatic heterocycles. The number of aromatic nitrogens is 4. The number of benzene rings is 8. The zero-order valence-corrected chi connectivity index (χ0v) is 32.7. The van der Waals surface area contributed by atoms with Crippen LogP contribution in [0.15, 0.2) is 186 Å². The van der Waals surface area contributed by atoms with E-state index in [1.807, 2.05) is 127 Å². The van der Waals surface area contributed by atoms with Gasteiger partial charge in [0.15, 0.2) is 17.5 Å². The fourth-order valence-electron chi connectivity index (χ4n) is 8.47. The van der Waals surface area contributed by atoms with Gasteiger partial charge in [0, 0.05) is 38.2 Å². The van der Waals surface area contributed by atoms with Crippen LogP contribution in [-0.2, 0) is 6.18 Å². The number of halogens is 3. The smallest absolute Gasteiger partial charge is 0.417 e. The lowest BCUT2D eigenvalue weighted by atomic mass is 9.96. The molecule has 0 radical (unpaired) electrons. The Balaban J connectivity index is 1.21. The number of fused-ring (bicyclic) bond motifs is 6. The van der Waals surface area contributed by atoms with Gasteiger partial charge in [0.25, 0.3) is 0 Å². The monoisotopic (exact) mass is 798 g/mol. The molecule has 0 fully saturated rings. The first kappa shape index (κ1) is 36.3. The number of rotatable bonds is 6. The van der Waals surface area contributed by atoms with Gasteiger partial charge in [-0.25, -0.2) is 15.0 Å². The summed E-state index contributed by atoms with van der Waals surface area (Å²) in [4.78, 5) is 15.3. The maximum Gasteiger partial charge on any atom is 0.417 e. The Morgan fingerprint density at radius 1 is 0.426 bits per heavy atom. The molecule has 0 aliphatic rings. The zero-order valence-electron chi connectivity index (χ0n) is 32.7. The van der Waals surface area contributed by atoms with Gasteiger partial charge < -0.3 is 8.98 Å². The fraction of sp³-hybridized carbons (Fsp3) is 0.0377. The van der Waals surface area contributed by atoms with Crippen molar-refractivity contribution in [2.24, 2.45) is 0 Å². The van der Waals surface area contributed by atoms with Gasteiger partial charge in [0.1, 0.15) is 11.2 Å². The third-order valence-corrected chi connectivity index (χ3v) is 11.4. The van der Waals surface area contributed by atoms with E-state index in [0.717, 1.165) is 71.7 Å². The molecule has 8 heteroatoms. The van der Waals surface area contributed by atoms with Crippen LogP contribution in [0.2, 0.25) is 0 Å². The van der Waals surface area contributed by atoms with Gasteiger partial charge in [0.2, 0.25) is 0 Å². The normalized spacial score (nSPS) is 11.9. The molecule has 0 saturated heterocycles. The lowest BCUT2D eigenvalue weighted by Gasteiger charge is -2.17. The van der Waals surface area contributed by atoms with Crippen molar-refractivity contribution in [3.8, 4) is 62.1 Å².